The van der Waals surface area contributed by atoms with Crippen LogP contribution >= 0.6 is 0 Å². The smallest absolute Gasteiger partial charge is 0.248 e. The lowest BCUT2D eigenvalue weighted by molar-refractivity contribution is -0.136. The van der Waals surface area contributed by atoms with Crippen molar-refractivity contribution in [2.45, 2.75) is 32.9 Å². The van der Waals surface area contributed by atoms with Crippen molar-refractivity contribution in [3.8, 4) is 0 Å². The van der Waals surface area contributed by atoms with Crippen LogP contribution in [0.15, 0.2) is 12.5 Å². The maximum absolute atomic E-state index is 12.0. The van der Waals surface area contributed by atoms with E-state index in [9.17, 15) is 9.59 Å². The number of imidazole rings is 1. The van der Waals surface area contributed by atoms with Crippen LogP contribution in [-0.4, -0.2) is 64.0 Å². The van der Waals surface area contributed by atoms with Gasteiger partial charge in [-0.15, -0.1) is 0 Å². The molecule has 2 amide bonds. The molecule has 126 valence electrons. The van der Waals surface area contributed by atoms with Crippen LogP contribution in [0.25, 0.3) is 0 Å². The molecule has 1 atom stereocenters. The van der Waals surface area contributed by atoms with Crippen LogP contribution in [0.4, 0.5) is 0 Å². The van der Waals surface area contributed by atoms with Gasteiger partial charge < -0.3 is 19.1 Å². The van der Waals surface area contributed by atoms with Gasteiger partial charge in [-0.05, 0) is 12.8 Å². The molecule has 0 bridgehead atoms. The first kappa shape index (κ1) is 16.0. The molecule has 23 heavy (non-hydrogen) atoms. The monoisotopic (exact) mass is 320 g/mol. The Morgan fingerprint density at radius 2 is 2.04 bits per heavy atom. The molecule has 1 fully saturated rings. The van der Waals surface area contributed by atoms with Crippen LogP contribution in [0.5, 0.6) is 0 Å². The molecule has 0 aromatic carbocycles. The zero-order valence-corrected chi connectivity index (χ0v) is 13.6. The summed E-state index contributed by atoms with van der Waals surface area (Å²) >= 11 is 0. The Morgan fingerprint density at radius 3 is 2.78 bits per heavy atom. The Balaban J connectivity index is 1.54. The van der Waals surface area contributed by atoms with E-state index in [-0.39, 0.29) is 24.3 Å². The highest BCUT2D eigenvalue weighted by Gasteiger charge is 2.24. The fraction of sp³-hybridized carbons (Fsp3) is 0.688. The minimum Gasteiger partial charge on any atom is -0.371 e. The highest BCUT2D eigenvalue weighted by atomic mass is 16.5. The van der Waals surface area contributed by atoms with E-state index in [4.69, 9.17) is 4.74 Å². The van der Waals surface area contributed by atoms with Crippen molar-refractivity contribution in [2.24, 2.45) is 5.92 Å². The Morgan fingerprint density at radius 1 is 1.26 bits per heavy atom. The van der Waals surface area contributed by atoms with Crippen molar-refractivity contribution < 1.29 is 14.3 Å². The summed E-state index contributed by atoms with van der Waals surface area (Å²) in [5, 5.41) is 0. The van der Waals surface area contributed by atoms with Gasteiger partial charge in [0, 0.05) is 45.2 Å². The summed E-state index contributed by atoms with van der Waals surface area (Å²) in [5.41, 5.74) is 1.04. The molecule has 1 aromatic rings. The van der Waals surface area contributed by atoms with E-state index in [1.807, 2.05) is 9.80 Å². The van der Waals surface area contributed by atoms with E-state index >= 15 is 0 Å². The molecule has 2 aliphatic rings. The second kappa shape index (κ2) is 7.12. The third-order valence-corrected chi connectivity index (χ3v) is 4.57. The van der Waals surface area contributed by atoms with Gasteiger partial charge in [0.25, 0.3) is 0 Å². The summed E-state index contributed by atoms with van der Waals surface area (Å²) < 4.78 is 7.73. The zero-order chi connectivity index (χ0) is 16.2. The molecule has 1 aromatic heterocycles. The van der Waals surface area contributed by atoms with Gasteiger partial charge in [0.05, 0.1) is 25.2 Å². The number of rotatable bonds is 4. The van der Waals surface area contributed by atoms with Gasteiger partial charge in [0.1, 0.15) is 6.61 Å². The van der Waals surface area contributed by atoms with Gasteiger partial charge in [-0.2, -0.15) is 0 Å². The maximum Gasteiger partial charge on any atom is 0.248 e. The Bertz CT molecular complexity index is 565. The number of nitrogens with zero attached hydrogens (tertiary/aromatic N) is 4. The first-order valence-corrected chi connectivity index (χ1v) is 8.23. The Kier molecular flexibility index (Phi) is 4.95. The summed E-state index contributed by atoms with van der Waals surface area (Å²) in [4.78, 5) is 31.6. The van der Waals surface area contributed by atoms with Gasteiger partial charge in [-0.1, -0.05) is 0 Å². The second-order valence-corrected chi connectivity index (χ2v) is 6.41. The number of carbonyl (C=O) groups is 2. The average molecular weight is 320 g/mol. The lowest BCUT2D eigenvalue weighted by Gasteiger charge is -2.23. The van der Waals surface area contributed by atoms with Crippen molar-refractivity contribution in [1.82, 2.24) is 19.4 Å². The maximum atomic E-state index is 12.0. The number of likely N-dealkylation sites (tertiary alicyclic amines) is 1. The number of amides is 2. The van der Waals surface area contributed by atoms with E-state index in [0.717, 1.165) is 38.2 Å². The lowest BCUT2D eigenvalue weighted by Crippen LogP contribution is -2.35. The predicted octanol–water partition coefficient (Wildman–Crippen LogP) is 0.500. The first-order chi connectivity index (χ1) is 11.1. The van der Waals surface area contributed by atoms with Crippen molar-refractivity contribution in [2.75, 3.05) is 32.8 Å². The Hall–Kier alpha value is -1.89. The van der Waals surface area contributed by atoms with E-state index in [1.54, 1.807) is 19.4 Å². The zero-order valence-electron chi connectivity index (χ0n) is 13.6. The molecule has 0 aliphatic carbocycles. The van der Waals surface area contributed by atoms with Crippen molar-refractivity contribution >= 4 is 11.8 Å². The first-order valence-electron chi connectivity index (χ1n) is 8.23. The van der Waals surface area contributed by atoms with Crippen LogP contribution < -0.4 is 0 Å². The number of carbonyl (C=O) groups excluding carboxylic acids is 2. The summed E-state index contributed by atoms with van der Waals surface area (Å²) in [6.45, 7) is 5.88. The highest BCUT2D eigenvalue weighted by molar-refractivity contribution is 5.77. The molecule has 7 heteroatoms. The van der Waals surface area contributed by atoms with Crippen molar-refractivity contribution in [3.63, 3.8) is 0 Å². The van der Waals surface area contributed by atoms with Crippen LogP contribution in [0, 0.1) is 5.92 Å². The molecule has 7 nitrogen and oxygen atoms in total. The molecule has 0 saturated carbocycles. The van der Waals surface area contributed by atoms with Crippen LogP contribution in [0.3, 0.4) is 0 Å². The fourth-order valence-electron chi connectivity index (χ4n) is 3.27. The molecule has 0 radical (unpaired) electrons. The largest absolute Gasteiger partial charge is 0.371 e. The van der Waals surface area contributed by atoms with Gasteiger partial charge in [0.2, 0.25) is 11.8 Å². The molecular weight excluding hydrogens is 296 g/mol. The summed E-state index contributed by atoms with van der Waals surface area (Å²) in [6.07, 6.45) is 5.77. The molecule has 3 heterocycles. The van der Waals surface area contributed by atoms with Crippen LogP contribution in [-0.2, 0) is 27.4 Å². The fourth-order valence-corrected chi connectivity index (χ4v) is 3.27. The standard InChI is InChI=1S/C16H24N4O3/c1-13(21)19-7-14(8-20-12-17-6-15(20)9-19)10-23-11-16(22)18-4-2-3-5-18/h6,12,14H,2-5,7-11H2,1H3. The SMILES string of the molecule is CC(=O)N1Cc2cncn2CC(COCC(=O)N2CCCC2)C1. The van der Waals surface area contributed by atoms with E-state index in [0.29, 0.717) is 19.7 Å². The molecular formula is C16H24N4O3. The number of ether oxygens (including phenoxy) is 1. The summed E-state index contributed by atoms with van der Waals surface area (Å²) in [7, 11) is 0. The average Bonchev–Trinajstić information content (AvgIpc) is 3.16. The molecule has 0 spiro atoms. The van der Waals surface area contributed by atoms with Crippen LogP contribution in [0.2, 0.25) is 0 Å². The number of fused-ring (bicyclic) bond motifs is 1. The highest BCUT2D eigenvalue weighted by Crippen LogP contribution is 2.17. The third-order valence-electron chi connectivity index (χ3n) is 4.57. The molecule has 2 aliphatic heterocycles. The topological polar surface area (TPSA) is 67.7 Å². The second-order valence-electron chi connectivity index (χ2n) is 6.41. The number of hydrogen-bond donors (Lipinski definition) is 0. The third kappa shape index (κ3) is 3.90. The quantitative estimate of drug-likeness (QED) is 0.810. The molecule has 1 saturated heterocycles. The van der Waals surface area contributed by atoms with Gasteiger partial charge in [-0.3, -0.25) is 9.59 Å². The molecule has 0 N–H and O–H groups in total. The van der Waals surface area contributed by atoms with E-state index < -0.39 is 0 Å². The van der Waals surface area contributed by atoms with Gasteiger partial charge >= 0.3 is 0 Å². The van der Waals surface area contributed by atoms with Crippen molar-refractivity contribution in [1.29, 1.82) is 0 Å². The summed E-state index contributed by atoms with van der Waals surface area (Å²) in [6, 6.07) is 0. The number of hydrogen-bond acceptors (Lipinski definition) is 4. The minimum atomic E-state index is 0.0535. The van der Waals surface area contributed by atoms with Gasteiger partial charge in [0.15, 0.2) is 0 Å². The van der Waals surface area contributed by atoms with Crippen LogP contribution in [0.1, 0.15) is 25.5 Å². The normalized spacial score (nSPS) is 21.2. The molecule has 1 unspecified atom stereocenters. The Labute approximate surface area is 136 Å². The van der Waals surface area contributed by atoms with E-state index in [2.05, 4.69) is 9.55 Å². The lowest BCUT2D eigenvalue weighted by atomic mass is 10.1. The molecule has 3 rings (SSSR count). The summed E-state index contributed by atoms with van der Waals surface area (Å²) in [5.74, 6) is 0.293. The van der Waals surface area contributed by atoms with Crippen molar-refractivity contribution in [3.05, 3.63) is 18.2 Å². The minimum absolute atomic E-state index is 0.0535. The van der Waals surface area contributed by atoms with E-state index in [1.165, 1.54) is 0 Å². The van der Waals surface area contributed by atoms with Gasteiger partial charge in [-0.25, -0.2) is 4.98 Å². The predicted molar refractivity (Wildman–Crippen MR) is 83.4 cm³/mol. The number of aromatic nitrogens is 2.